The average Bonchev–Trinajstić information content (AvgIpc) is 3.26. The van der Waals surface area contributed by atoms with E-state index in [0.717, 1.165) is 22.5 Å². The van der Waals surface area contributed by atoms with E-state index in [0.29, 0.717) is 5.58 Å². The van der Waals surface area contributed by atoms with Gasteiger partial charge >= 0.3 is 5.91 Å². The summed E-state index contributed by atoms with van der Waals surface area (Å²) in [5.41, 5.74) is 6.20. The summed E-state index contributed by atoms with van der Waals surface area (Å²) < 4.78 is 7.60. The molecule has 0 atom stereocenters. The second kappa shape index (κ2) is 6.72. The topological polar surface area (TPSA) is 59.5 Å². The summed E-state index contributed by atoms with van der Waals surface area (Å²) in [6, 6.07) is 23.2. The molecule has 0 spiro atoms. The number of nitrogens with zero attached hydrogens (tertiary/aromatic N) is 2. The molecule has 5 heteroatoms. The third-order valence-corrected chi connectivity index (χ3v) is 4.13. The third kappa shape index (κ3) is 3.02. The first-order valence-corrected chi connectivity index (χ1v) is 8.28. The molecule has 2 aromatic heterocycles. The maximum Gasteiger partial charge on any atom is 0.307 e. The molecule has 0 saturated heterocycles. The molecule has 0 aliphatic carbocycles. The Hall–Kier alpha value is -3.60. The Morgan fingerprint density at radius 2 is 1.81 bits per heavy atom. The zero-order valence-corrected chi connectivity index (χ0v) is 14.2. The molecule has 0 bridgehead atoms. The number of aryl methyl sites for hydroxylation is 1. The Balaban J connectivity index is 1.53. The van der Waals surface area contributed by atoms with E-state index in [9.17, 15) is 4.79 Å². The van der Waals surface area contributed by atoms with Crippen LogP contribution in [0.5, 0.6) is 0 Å². The van der Waals surface area contributed by atoms with Crippen molar-refractivity contribution in [3.63, 3.8) is 0 Å². The van der Waals surface area contributed by atoms with E-state index in [1.165, 1.54) is 0 Å². The first-order valence-electron chi connectivity index (χ1n) is 8.28. The summed E-state index contributed by atoms with van der Waals surface area (Å²) in [6.07, 6.45) is 1.63. The van der Waals surface area contributed by atoms with Crippen molar-refractivity contribution in [3.05, 3.63) is 89.9 Å². The van der Waals surface area contributed by atoms with Crippen LogP contribution in [0.3, 0.4) is 0 Å². The maximum absolute atomic E-state index is 12.2. The van der Waals surface area contributed by atoms with Gasteiger partial charge in [0.25, 0.3) is 0 Å². The molecular weight excluding hydrogens is 326 g/mol. The zero-order chi connectivity index (χ0) is 17.9. The molecule has 4 rings (SSSR count). The Morgan fingerprint density at radius 3 is 2.62 bits per heavy atom. The number of aromatic nitrogens is 1. The molecule has 4 aromatic rings. The molecular formula is C21H17N3O2. The van der Waals surface area contributed by atoms with Crippen molar-refractivity contribution in [2.45, 2.75) is 6.92 Å². The van der Waals surface area contributed by atoms with Gasteiger partial charge in [0.1, 0.15) is 5.58 Å². The molecule has 26 heavy (non-hydrogen) atoms. The molecule has 128 valence electrons. The second-order valence-electron chi connectivity index (χ2n) is 5.92. The lowest BCUT2D eigenvalue weighted by atomic mass is 10.2. The molecule has 0 radical (unpaired) electrons. The maximum atomic E-state index is 12.2. The van der Waals surface area contributed by atoms with Crippen LogP contribution < -0.4 is 5.43 Å². The van der Waals surface area contributed by atoms with Crippen molar-refractivity contribution < 1.29 is 9.21 Å². The van der Waals surface area contributed by atoms with E-state index in [-0.39, 0.29) is 11.7 Å². The number of amides is 1. The van der Waals surface area contributed by atoms with Crippen molar-refractivity contribution in [1.82, 2.24) is 9.99 Å². The van der Waals surface area contributed by atoms with E-state index < -0.39 is 0 Å². The minimum atomic E-state index is -0.382. The molecule has 1 N–H and O–H groups in total. The number of hydrazone groups is 1. The zero-order valence-electron chi connectivity index (χ0n) is 14.2. The molecule has 5 nitrogen and oxygen atoms in total. The Morgan fingerprint density at radius 1 is 1.04 bits per heavy atom. The first-order chi connectivity index (χ1) is 12.7. The SMILES string of the molecule is Cc1ccc(/C=N\NC(=O)c2cc3ccccc3o2)n1-c1ccccc1. The highest BCUT2D eigenvalue weighted by molar-refractivity contribution is 5.96. The number of hydrogen-bond acceptors (Lipinski definition) is 3. The lowest BCUT2D eigenvalue weighted by Crippen LogP contribution is -2.17. The summed E-state index contributed by atoms with van der Waals surface area (Å²) in [5.74, 6) is -0.148. The summed E-state index contributed by atoms with van der Waals surface area (Å²) in [7, 11) is 0. The quantitative estimate of drug-likeness (QED) is 0.444. The molecule has 0 fully saturated rings. The van der Waals surface area contributed by atoms with E-state index >= 15 is 0 Å². The highest BCUT2D eigenvalue weighted by atomic mass is 16.3. The minimum Gasteiger partial charge on any atom is -0.451 e. The van der Waals surface area contributed by atoms with Crippen molar-refractivity contribution in [2.24, 2.45) is 5.10 Å². The molecule has 2 aromatic carbocycles. The Bertz CT molecular complexity index is 1060. The Labute approximate surface area is 150 Å². The van der Waals surface area contributed by atoms with Gasteiger partial charge in [-0.3, -0.25) is 4.79 Å². The highest BCUT2D eigenvalue weighted by Gasteiger charge is 2.11. The molecule has 2 heterocycles. The van der Waals surface area contributed by atoms with Gasteiger partial charge in [-0.25, -0.2) is 5.43 Å². The monoisotopic (exact) mass is 343 g/mol. The van der Waals surface area contributed by atoms with Crippen LogP contribution in [0, 0.1) is 6.92 Å². The van der Waals surface area contributed by atoms with Crippen LogP contribution >= 0.6 is 0 Å². The number of rotatable bonds is 4. The van der Waals surface area contributed by atoms with Gasteiger partial charge in [0.15, 0.2) is 5.76 Å². The normalized spacial score (nSPS) is 11.3. The number of carbonyl (C=O) groups excluding carboxylic acids is 1. The van der Waals surface area contributed by atoms with E-state index in [2.05, 4.69) is 15.1 Å². The molecule has 0 aliphatic heterocycles. The van der Waals surface area contributed by atoms with Crippen molar-refractivity contribution >= 4 is 23.1 Å². The average molecular weight is 343 g/mol. The third-order valence-electron chi connectivity index (χ3n) is 4.13. The van der Waals surface area contributed by atoms with E-state index in [4.69, 9.17) is 4.42 Å². The van der Waals surface area contributed by atoms with Crippen molar-refractivity contribution in [2.75, 3.05) is 0 Å². The summed E-state index contributed by atoms with van der Waals surface area (Å²) >= 11 is 0. The molecule has 1 amide bonds. The molecule has 0 aliphatic rings. The fourth-order valence-corrected chi connectivity index (χ4v) is 2.90. The van der Waals surface area contributed by atoms with Gasteiger partial charge < -0.3 is 8.98 Å². The second-order valence-corrected chi connectivity index (χ2v) is 5.92. The fraction of sp³-hybridized carbons (Fsp3) is 0.0476. The van der Waals surface area contributed by atoms with Crippen LogP contribution in [-0.2, 0) is 0 Å². The number of hydrogen-bond donors (Lipinski definition) is 1. The van der Waals surface area contributed by atoms with Gasteiger partial charge in [0.05, 0.1) is 11.9 Å². The summed E-state index contributed by atoms with van der Waals surface area (Å²) in [4.78, 5) is 12.2. The fourth-order valence-electron chi connectivity index (χ4n) is 2.90. The number of nitrogens with one attached hydrogen (secondary N) is 1. The lowest BCUT2D eigenvalue weighted by Gasteiger charge is -2.08. The number of furan rings is 1. The first kappa shape index (κ1) is 15.9. The predicted molar refractivity (Wildman–Crippen MR) is 102 cm³/mol. The number of benzene rings is 2. The van der Waals surface area contributed by atoms with Crippen molar-refractivity contribution in [3.8, 4) is 5.69 Å². The number of carbonyl (C=O) groups is 1. The van der Waals surface area contributed by atoms with Crippen LogP contribution in [0.2, 0.25) is 0 Å². The van der Waals surface area contributed by atoms with E-state index in [1.807, 2.05) is 73.7 Å². The van der Waals surface area contributed by atoms with Crippen molar-refractivity contribution in [1.29, 1.82) is 0 Å². The summed E-state index contributed by atoms with van der Waals surface area (Å²) in [5, 5.41) is 4.97. The van der Waals surface area contributed by atoms with Crippen LogP contribution in [0.4, 0.5) is 0 Å². The van der Waals surface area contributed by atoms with Crippen LogP contribution in [0.25, 0.3) is 16.7 Å². The number of fused-ring (bicyclic) bond motifs is 1. The predicted octanol–water partition coefficient (Wildman–Crippen LogP) is 4.30. The largest absolute Gasteiger partial charge is 0.451 e. The highest BCUT2D eigenvalue weighted by Crippen LogP contribution is 2.18. The number of para-hydroxylation sites is 2. The van der Waals surface area contributed by atoms with Gasteiger partial charge in [-0.2, -0.15) is 5.10 Å². The van der Waals surface area contributed by atoms with Gasteiger partial charge in [-0.05, 0) is 43.3 Å². The Kier molecular flexibility index (Phi) is 4.11. The van der Waals surface area contributed by atoms with Gasteiger partial charge in [0.2, 0.25) is 0 Å². The van der Waals surface area contributed by atoms with Gasteiger partial charge in [0, 0.05) is 16.8 Å². The smallest absolute Gasteiger partial charge is 0.307 e. The van der Waals surface area contributed by atoms with Gasteiger partial charge in [-0.1, -0.05) is 36.4 Å². The van der Waals surface area contributed by atoms with Crippen LogP contribution in [0.15, 0.2) is 82.3 Å². The van der Waals surface area contributed by atoms with Gasteiger partial charge in [-0.15, -0.1) is 0 Å². The van der Waals surface area contributed by atoms with E-state index in [1.54, 1.807) is 12.3 Å². The van der Waals surface area contributed by atoms with Crippen LogP contribution in [-0.4, -0.2) is 16.7 Å². The lowest BCUT2D eigenvalue weighted by molar-refractivity contribution is 0.0929. The molecule has 0 saturated carbocycles. The summed E-state index contributed by atoms with van der Waals surface area (Å²) in [6.45, 7) is 2.03. The van der Waals surface area contributed by atoms with Crippen LogP contribution in [0.1, 0.15) is 21.9 Å². The minimum absolute atomic E-state index is 0.234. The molecule has 0 unspecified atom stereocenters. The standard InChI is InChI=1S/C21H17N3O2/c1-15-11-12-18(24(15)17-8-3-2-4-9-17)14-22-23-21(25)20-13-16-7-5-6-10-19(16)26-20/h2-14H,1H3,(H,23,25)/b22-14-.